The average Bonchev–Trinajstić information content (AvgIpc) is 2.90. The van der Waals surface area contributed by atoms with E-state index in [1.807, 2.05) is 54.6 Å². The van der Waals surface area contributed by atoms with Gasteiger partial charge >= 0.3 is 0 Å². The fraction of sp³-hybridized carbons (Fsp3) is 0.150. The number of hydrogen-bond acceptors (Lipinski definition) is 3. The van der Waals surface area contributed by atoms with Crippen LogP contribution in [0.5, 0.6) is 0 Å². The molecule has 1 aliphatic carbocycles. The van der Waals surface area contributed by atoms with Gasteiger partial charge in [0.05, 0.1) is 0 Å². The summed E-state index contributed by atoms with van der Waals surface area (Å²) in [6.07, 6.45) is 6.71. The monoisotopic (exact) mass is 304 g/mol. The molecule has 0 aromatic heterocycles. The maximum absolute atomic E-state index is 11.6. The Morgan fingerprint density at radius 3 is 2.13 bits per heavy atom. The van der Waals surface area contributed by atoms with Crippen LogP contribution in [0.4, 0.5) is 0 Å². The van der Waals surface area contributed by atoms with Crippen molar-refractivity contribution in [3.63, 3.8) is 0 Å². The van der Waals surface area contributed by atoms with Crippen molar-refractivity contribution in [3.8, 4) is 0 Å². The molecule has 4 rings (SSSR count). The number of allylic oxidation sites excluding steroid dienone is 2. The van der Waals surface area contributed by atoms with E-state index < -0.39 is 11.4 Å². The second-order valence-electron chi connectivity index (χ2n) is 5.70. The van der Waals surface area contributed by atoms with Gasteiger partial charge in [-0.3, -0.25) is 4.79 Å². The molecule has 114 valence electrons. The Bertz CT molecular complexity index is 804. The minimum Gasteiger partial charge on any atom is -0.346 e. The van der Waals surface area contributed by atoms with Crippen molar-refractivity contribution in [2.24, 2.45) is 0 Å². The number of ketones is 1. The van der Waals surface area contributed by atoms with Gasteiger partial charge in [-0.2, -0.15) is 0 Å². The van der Waals surface area contributed by atoms with Crippen LogP contribution in [0.3, 0.4) is 0 Å². The van der Waals surface area contributed by atoms with Gasteiger partial charge in [0.1, 0.15) is 5.60 Å². The van der Waals surface area contributed by atoms with Gasteiger partial charge in [0.25, 0.3) is 0 Å². The van der Waals surface area contributed by atoms with Gasteiger partial charge in [-0.15, -0.1) is 0 Å². The van der Waals surface area contributed by atoms with E-state index in [2.05, 4.69) is 0 Å². The van der Waals surface area contributed by atoms with Crippen LogP contribution in [0, 0.1) is 0 Å². The first-order valence-corrected chi connectivity index (χ1v) is 7.53. The molecule has 3 heteroatoms. The van der Waals surface area contributed by atoms with E-state index in [1.165, 1.54) is 0 Å². The Kier molecular flexibility index (Phi) is 3.08. The number of methoxy groups -OCH3 is 1. The molecule has 0 saturated carbocycles. The SMILES string of the molecule is COC1(c2ccccc2)OC2(C=CC(=O)C=C2)c2ccccc21. The van der Waals surface area contributed by atoms with Crippen molar-refractivity contribution in [1.82, 2.24) is 0 Å². The minimum atomic E-state index is -0.993. The van der Waals surface area contributed by atoms with Gasteiger partial charge in [0.15, 0.2) is 5.78 Å². The van der Waals surface area contributed by atoms with Gasteiger partial charge in [-0.25, -0.2) is 0 Å². The maximum Gasteiger partial charge on any atom is 0.223 e. The standard InChI is InChI=1S/C20H16O3/c1-22-20(15-7-3-2-4-8-15)18-10-6-5-9-17(18)19(23-20)13-11-16(21)12-14-19/h2-14H,1H3. The number of fused-ring (bicyclic) bond motifs is 2. The molecule has 2 aliphatic rings. The lowest BCUT2D eigenvalue weighted by atomic mass is 9.86. The summed E-state index contributed by atoms with van der Waals surface area (Å²) in [5, 5.41) is 0. The van der Waals surface area contributed by atoms with Gasteiger partial charge < -0.3 is 9.47 Å². The lowest BCUT2D eigenvalue weighted by Crippen LogP contribution is -2.34. The van der Waals surface area contributed by atoms with E-state index in [1.54, 1.807) is 31.4 Å². The molecule has 23 heavy (non-hydrogen) atoms. The van der Waals surface area contributed by atoms with Crippen LogP contribution in [0.15, 0.2) is 78.9 Å². The summed E-state index contributed by atoms with van der Waals surface area (Å²) in [6, 6.07) is 17.8. The summed E-state index contributed by atoms with van der Waals surface area (Å²) >= 11 is 0. The van der Waals surface area contributed by atoms with Crippen LogP contribution in [-0.2, 0) is 25.7 Å². The summed E-state index contributed by atoms with van der Waals surface area (Å²) in [6.45, 7) is 0. The Labute approximate surface area is 134 Å². The first-order chi connectivity index (χ1) is 11.2. The normalized spacial score (nSPS) is 24.1. The van der Waals surface area contributed by atoms with Crippen molar-refractivity contribution in [1.29, 1.82) is 0 Å². The highest BCUT2D eigenvalue weighted by molar-refractivity contribution is 6.00. The average molecular weight is 304 g/mol. The summed E-state index contributed by atoms with van der Waals surface area (Å²) in [7, 11) is 1.64. The van der Waals surface area contributed by atoms with Crippen LogP contribution in [0.2, 0.25) is 0 Å². The number of hydrogen-bond donors (Lipinski definition) is 0. The van der Waals surface area contributed by atoms with Crippen LogP contribution in [0.25, 0.3) is 0 Å². The first-order valence-electron chi connectivity index (χ1n) is 7.53. The fourth-order valence-electron chi connectivity index (χ4n) is 3.37. The fourth-order valence-corrected chi connectivity index (χ4v) is 3.37. The lowest BCUT2D eigenvalue weighted by Gasteiger charge is -2.32. The molecule has 2 aromatic carbocycles. The molecule has 0 fully saturated rings. The Balaban J connectivity index is 1.96. The van der Waals surface area contributed by atoms with Crippen molar-refractivity contribution in [2.75, 3.05) is 7.11 Å². The van der Waals surface area contributed by atoms with E-state index in [9.17, 15) is 4.79 Å². The molecule has 1 atom stereocenters. The molecule has 0 radical (unpaired) electrons. The Morgan fingerprint density at radius 1 is 0.870 bits per heavy atom. The molecule has 1 unspecified atom stereocenters. The molecule has 1 heterocycles. The smallest absolute Gasteiger partial charge is 0.223 e. The summed E-state index contributed by atoms with van der Waals surface area (Å²) in [5.41, 5.74) is 2.09. The number of rotatable bonds is 2. The summed E-state index contributed by atoms with van der Waals surface area (Å²) in [4.78, 5) is 11.6. The van der Waals surface area contributed by atoms with Gasteiger partial charge in [0.2, 0.25) is 5.79 Å². The predicted molar refractivity (Wildman–Crippen MR) is 86.7 cm³/mol. The zero-order chi connectivity index (χ0) is 15.9. The molecule has 2 aromatic rings. The first kappa shape index (κ1) is 14.1. The van der Waals surface area contributed by atoms with Crippen molar-refractivity contribution < 1.29 is 14.3 Å². The third-order valence-corrected chi connectivity index (χ3v) is 4.45. The van der Waals surface area contributed by atoms with E-state index in [4.69, 9.17) is 9.47 Å². The lowest BCUT2D eigenvalue weighted by molar-refractivity contribution is -0.223. The van der Waals surface area contributed by atoms with Crippen molar-refractivity contribution >= 4 is 5.78 Å². The molecular weight excluding hydrogens is 288 g/mol. The Hall–Kier alpha value is -2.49. The molecule has 3 nitrogen and oxygen atoms in total. The van der Waals surface area contributed by atoms with Gasteiger partial charge in [0, 0.05) is 23.8 Å². The quantitative estimate of drug-likeness (QED) is 0.852. The van der Waals surface area contributed by atoms with Crippen molar-refractivity contribution in [2.45, 2.75) is 11.4 Å². The van der Waals surface area contributed by atoms with Crippen LogP contribution in [0.1, 0.15) is 16.7 Å². The molecule has 0 N–H and O–H groups in total. The third kappa shape index (κ3) is 1.94. The van der Waals surface area contributed by atoms with Crippen LogP contribution < -0.4 is 0 Å². The molecule has 0 saturated heterocycles. The van der Waals surface area contributed by atoms with Gasteiger partial charge in [-0.05, 0) is 24.3 Å². The third-order valence-electron chi connectivity index (χ3n) is 4.45. The summed E-state index contributed by atoms with van der Waals surface area (Å²) in [5.74, 6) is -1.03. The molecule has 1 spiro atoms. The molecule has 0 bridgehead atoms. The minimum absolute atomic E-state index is 0.0358. The Morgan fingerprint density at radius 2 is 1.48 bits per heavy atom. The zero-order valence-electron chi connectivity index (χ0n) is 12.7. The molecule has 0 amide bonds. The zero-order valence-corrected chi connectivity index (χ0v) is 12.7. The second kappa shape index (κ2) is 5.01. The molecule has 1 aliphatic heterocycles. The van der Waals surface area contributed by atoms with Crippen LogP contribution >= 0.6 is 0 Å². The highest BCUT2D eigenvalue weighted by Gasteiger charge is 2.53. The van der Waals surface area contributed by atoms with E-state index >= 15 is 0 Å². The maximum atomic E-state index is 11.6. The van der Waals surface area contributed by atoms with E-state index in [0.717, 1.165) is 16.7 Å². The largest absolute Gasteiger partial charge is 0.346 e. The predicted octanol–water partition coefficient (Wildman–Crippen LogP) is 3.45. The number of carbonyl (C=O) groups is 1. The van der Waals surface area contributed by atoms with E-state index in [-0.39, 0.29) is 5.78 Å². The number of carbonyl (C=O) groups excluding carboxylic acids is 1. The van der Waals surface area contributed by atoms with Gasteiger partial charge in [-0.1, -0.05) is 54.6 Å². The highest BCUT2D eigenvalue weighted by atomic mass is 16.7. The topological polar surface area (TPSA) is 35.5 Å². The summed E-state index contributed by atoms with van der Waals surface area (Å²) < 4.78 is 12.4. The van der Waals surface area contributed by atoms with Crippen LogP contribution in [-0.4, -0.2) is 12.9 Å². The van der Waals surface area contributed by atoms with E-state index in [0.29, 0.717) is 0 Å². The number of benzene rings is 2. The second-order valence-corrected chi connectivity index (χ2v) is 5.70. The van der Waals surface area contributed by atoms with Crippen molar-refractivity contribution in [3.05, 3.63) is 95.6 Å². The molecular formula is C20H16O3. The highest BCUT2D eigenvalue weighted by Crippen LogP contribution is 2.52. The number of ether oxygens (including phenoxy) is 2.